The number of carbonyl (C=O) groups is 1. The van der Waals surface area contributed by atoms with E-state index in [1.165, 1.54) is 30.6 Å². The predicted octanol–water partition coefficient (Wildman–Crippen LogP) is 2.60. The van der Waals surface area contributed by atoms with E-state index in [0.29, 0.717) is 5.69 Å². The fourth-order valence-corrected chi connectivity index (χ4v) is 2.65. The van der Waals surface area contributed by atoms with E-state index in [1.54, 1.807) is 10.9 Å². The Morgan fingerprint density at radius 2 is 2.20 bits per heavy atom. The normalized spacial score (nSPS) is 19.8. The van der Waals surface area contributed by atoms with E-state index in [0.717, 1.165) is 12.8 Å². The Labute approximate surface area is 93.9 Å². The lowest BCUT2D eigenvalue weighted by atomic mass is 9.83. The van der Waals surface area contributed by atoms with Crippen molar-refractivity contribution in [3.63, 3.8) is 0 Å². The van der Waals surface area contributed by atoms with Gasteiger partial charge in [-0.2, -0.15) is 0 Å². The molecule has 0 bridgehead atoms. The number of nitrogens with zero attached hydrogens (tertiary/aromatic N) is 1. The van der Waals surface area contributed by atoms with Crippen molar-refractivity contribution in [2.45, 2.75) is 44.6 Å². The molecule has 1 N–H and O–H groups in total. The Balaban J connectivity index is 1.98. The molecule has 0 atom stereocenters. The maximum Gasteiger partial charge on any atom is 0.271 e. The molecular weight excluding hydrogens is 208 g/mol. The molecule has 1 aromatic rings. The molecule has 0 aromatic carbocycles. The molecule has 0 aliphatic heterocycles. The Kier molecular flexibility index (Phi) is 3.05. The van der Waals surface area contributed by atoms with Crippen LogP contribution in [0.5, 0.6) is 0 Å². The summed E-state index contributed by atoms with van der Waals surface area (Å²) in [6.45, 7) is 2.14. The second kappa shape index (κ2) is 4.31. The number of amides is 1. The van der Waals surface area contributed by atoms with Gasteiger partial charge in [0, 0.05) is 10.9 Å². The second-order valence-corrected chi connectivity index (χ2v) is 5.17. The summed E-state index contributed by atoms with van der Waals surface area (Å²) in [5.74, 6) is -0.0272. The average Bonchev–Trinajstić information content (AvgIpc) is 2.70. The first-order valence-electron chi connectivity index (χ1n) is 5.40. The van der Waals surface area contributed by atoms with E-state index < -0.39 is 0 Å². The maximum absolute atomic E-state index is 11.8. The van der Waals surface area contributed by atoms with Crippen molar-refractivity contribution in [1.29, 1.82) is 0 Å². The third kappa shape index (κ3) is 2.56. The summed E-state index contributed by atoms with van der Waals surface area (Å²) in [5, 5.41) is 4.90. The zero-order valence-electron chi connectivity index (χ0n) is 8.95. The van der Waals surface area contributed by atoms with Gasteiger partial charge in [0.05, 0.1) is 5.51 Å². The first-order valence-corrected chi connectivity index (χ1v) is 6.35. The molecule has 1 aromatic heterocycles. The number of carbonyl (C=O) groups excluding carboxylic acids is 1. The summed E-state index contributed by atoms with van der Waals surface area (Å²) in [4.78, 5) is 15.8. The van der Waals surface area contributed by atoms with E-state index in [9.17, 15) is 4.79 Å². The molecule has 0 unspecified atom stereocenters. The lowest BCUT2D eigenvalue weighted by Crippen LogP contribution is -2.47. The van der Waals surface area contributed by atoms with Gasteiger partial charge in [0.25, 0.3) is 5.91 Å². The van der Waals surface area contributed by atoms with Gasteiger partial charge in [-0.25, -0.2) is 4.98 Å². The molecule has 2 rings (SSSR count). The number of hydrogen-bond donors (Lipinski definition) is 1. The van der Waals surface area contributed by atoms with Crippen LogP contribution in [-0.4, -0.2) is 16.4 Å². The third-order valence-electron chi connectivity index (χ3n) is 3.04. The van der Waals surface area contributed by atoms with Crippen LogP contribution in [0.15, 0.2) is 10.9 Å². The Morgan fingerprint density at radius 1 is 1.47 bits per heavy atom. The number of hydrogen-bond acceptors (Lipinski definition) is 3. The number of thiazole rings is 1. The van der Waals surface area contributed by atoms with Gasteiger partial charge in [-0.1, -0.05) is 19.3 Å². The van der Waals surface area contributed by atoms with Crippen LogP contribution in [0.4, 0.5) is 0 Å². The minimum Gasteiger partial charge on any atom is -0.346 e. The van der Waals surface area contributed by atoms with E-state index in [2.05, 4.69) is 17.2 Å². The first kappa shape index (κ1) is 10.6. The van der Waals surface area contributed by atoms with Gasteiger partial charge in [-0.05, 0) is 19.8 Å². The van der Waals surface area contributed by atoms with Crippen LogP contribution in [0.1, 0.15) is 49.5 Å². The van der Waals surface area contributed by atoms with Gasteiger partial charge in [-0.3, -0.25) is 4.79 Å². The van der Waals surface area contributed by atoms with Crippen molar-refractivity contribution in [2.24, 2.45) is 0 Å². The molecule has 1 heterocycles. The minimum atomic E-state index is -0.0272. The summed E-state index contributed by atoms with van der Waals surface area (Å²) in [5.41, 5.74) is 2.23. The maximum atomic E-state index is 11.8. The van der Waals surface area contributed by atoms with Crippen LogP contribution in [0, 0.1) is 0 Å². The summed E-state index contributed by atoms with van der Waals surface area (Å²) in [6.07, 6.45) is 5.90. The summed E-state index contributed by atoms with van der Waals surface area (Å²) in [6, 6.07) is 0. The summed E-state index contributed by atoms with van der Waals surface area (Å²) in [7, 11) is 0. The largest absolute Gasteiger partial charge is 0.346 e. The van der Waals surface area contributed by atoms with Crippen LogP contribution in [0.3, 0.4) is 0 Å². The molecule has 1 fully saturated rings. The minimum absolute atomic E-state index is 0.0149. The van der Waals surface area contributed by atoms with Gasteiger partial charge in [-0.15, -0.1) is 11.3 Å². The average molecular weight is 224 g/mol. The van der Waals surface area contributed by atoms with Gasteiger partial charge >= 0.3 is 0 Å². The molecule has 0 radical (unpaired) electrons. The topological polar surface area (TPSA) is 42.0 Å². The van der Waals surface area contributed by atoms with Crippen molar-refractivity contribution in [2.75, 3.05) is 0 Å². The zero-order chi connectivity index (χ0) is 10.7. The molecule has 3 nitrogen and oxygen atoms in total. The standard InChI is InChI=1S/C11H16N2OS/c1-11(5-3-2-4-6-11)13-10(14)9-7-15-8-12-9/h7-8H,2-6H2,1H3,(H,13,14). The summed E-state index contributed by atoms with van der Waals surface area (Å²) >= 11 is 1.46. The predicted molar refractivity (Wildman–Crippen MR) is 61.1 cm³/mol. The van der Waals surface area contributed by atoms with Crippen LogP contribution < -0.4 is 5.32 Å². The SMILES string of the molecule is CC1(NC(=O)c2cscn2)CCCCC1. The second-order valence-electron chi connectivity index (χ2n) is 4.45. The van der Waals surface area contributed by atoms with Crippen molar-refractivity contribution >= 4 is 17.2 Å². The lowest BCUT2D eigenvalue weighted by Gasteiger charge is -2.34. The highest BCUT2D eigenvalue weighted by Gasteiger charge is 2.28. The van der Waals surface area contributed by atoms with E-state index >= 15 is 0 Å². The quantitative estimate of drug-likeness (QED) is 0.839. The molecule has 0 spiro atoms. The highest BCUT2D eigenvalue weighted by atomic mass is 32.1. The molecule has 1 aliphatic carbocycles. The highest BCUT2D eigenvalue weighted by Crippen LogP contribution is 2.27. The fraction of sp³-hybridized carbons (Fsp3) is 0.636. The number of aromatic nitrogens is 1. The van der Waals surface area contributed by atoms with Gasteiger partial charge < -0.3 is 5.32 Å². The Hall–Kier alpha value is -0.900. The Bertz CT molecular complexity index is 328. The van der Waals surface area contributed by atoms with Gasteiger partial charge in [0.2, 0.25) is 0 Å². The molecule has 4 heteroatoms. The molecule has 0 saturated heterocycles. The van der Waals surface area contributed by atoms with Crippen molar-refractivity contribution < 1.29 is 4.79 Å². The van der Waals surface area contributed by atoms with Crippen molar-refractivity contribution in [3.8, 4) is 0 Å². The van der Waals surface area contributed by atoms with Gasteiger partial charge in [0.1, 0.15) is 5.69 Å². The number of rotatable bonds is 2. The van der Waals surface area contributed by atoms with Crippen molar-refractivity contribution in [1.82, 2.24) is 10.3 Å². The molecular formula is C11H16N2OS. The summed E-state index contributed by atoms with van der Waals surface area (Å²) < 4.78 is 0. The molecule has 1 saturated carbocycles. The van der Waals surface area contributed by atoms with Crippen LogP contribution in [0.25, 0.3) is 0 Å². The molecule has 15 heavy (non-hydrogen) atoms. The Morgan fingerprint density at radius 3 is 2.80 bits per heavy atom. The molecule has 1 amide bonds. The number of nitrogens with one attached hydrogen (secondary N) is 1. The van der Waals surface area contributed by atoms with E-state index in [-0.39, 0.29) is 11.4 Å². The van der Waals surface area contributed by atoms with Crippen molar-refractivity contribution in [3.05, 3.63) is 16.6 Å². The smallest absolute Gasteiger partial charge is 0.271 e. The molecule has 82 valence electrons. The van der Waals surface area contributed by atoms with E-state index in [1.807, 2.05) is 0 Å². The van der Waals surface area contributed by atoms with Crippen LogP contribution in [0.2, 0.25) is 0 Å². The monoisotopic (exact) mass is 224 g/mol. The zero-order valence-corrected chi connectivity index (χ0v) is 9.77. The lowest BCUT2D eigenvalue weighted by molar-refractivity contribution is 0.0878. The first-order chi connectivity index (χ1) is 7.20. The fourth-order valence-electron chi connectivity index (χ4n) is 2.12. The third-order valence-corrected chi connectivity index (χ3v) is 3.62. The highest BCUT2D eigenvalue weighted by molar-refractivity contribution is 7.07. The molecule has 1 aliphatic rings. The van der Waals surface area contributed by atoms with E-state index in [4.69, 9.17) is 0 Å². The van der Waals surface area contributed by atoms with Crippen LogP contribution in [-0.2, 0) is 0 Å². The van der Waals surface area contributed by atoms with Crippen LogP contribution >= 0.6 is 11.3 Å². The van der Waals surface area contributed by atoms with Gasteiger partial charge in [0.15, 0.2) is 0 Å².